The van der Waals surface area contributed by atoms with Gasteiger partial charge < -0.3 is 4.42 Å². The molecule has 1 saturated heterocycles. The minimum absolute atomic E-state index is 0.205. The van der Waals surface area contributed by atoms with Crippen LogP contribution in [0, 0.1) is 6.92 Å². The van der Waals surface area contributed by atoms with Crippen LogP contribution in [-0.4, -0.2) is 28.0 Å². The topological polar surface area (TPSA) is 42.2 Å². The standard InChI is InChI=1S/C20H23N3OS/c1-14-13-25-20(22-14)17-8-10-23(11-9-17)15(2)19-21-12-18(24-19)16-6-4-3-5-7-16/h3-7,12-13,15,17H,8-11H2,1-2H3. The Hall–Kier alpha value is -1.98. The highest BCUT2D eigenvalue weighted by molar-refractivity contribution is 7.09. The number of benzene rings is 1. The Labute approximate surface area is 152 Å². The molecule has 1 aromatic carbocycles. The van der Waals surface area contributed by atoms with Gasteiger partial charge in [-0.25, -0.2) is 9.97 Å². The lowest BCUT2D eigenvalue weighted by molar-refractivity contribution is 0.143. The van der Waals surface area contributed by atoms with E-state index in [0.717, 1.165) is 48.8 Å². The van der Waals surface area contributed by atoms with Crippen LogP contribution < -0.4 is 0 Å². The molecule has 1 fully saturated rings. The summed E-state index contributed by atoms with van der Waals surface area (Å²) in [6.07, 6.45) is 4.15. The second-order valence-electron chi connectivity index (χ2n) is 6.74. The van der Waals surface area contributed by atoms with Gasteiger partial charge in [0, 0.05) is 22.6 Å². The number of aromatic nitrogens is 2. The monoisotopic (exact) mass is 353 g/mol. The molecule has 0 amide bonds. The molecule has 5 heteroatoms. The Bertz CT molecular complexity index is 818. The Kier molecular flexibility index (Phi) is 4.68. The van der Waals surface area contributed by atoms with Crippen LogP contribution in [0.4, 0.5) is 0 Å². The van der Waals surface area contributed by atoms with Crippen molar-refractivity contribution in [2.75, 3.05) is 13.1 Å². The summed E-state index contributed by atoms with van der Waals surface area (Å²) in [7, 11) is 0. The molecule has 3 heterocycles. The Morgan fingerprint density at radius 1 is 1.20 bits per heavy atom. The predicted molar refractivity (Wildman–Crippen MR) is 101 cm³/mol. The van der Waals surface area contributed by atoms with Gasteiger partial charge >= 0.3 is 0 Å². The van der Waals surface area contributed by atoms with Gasteiger partial charge in [0.15, 0.2) is 5.76 Å². The summed E-state index contributed by atoms with van der Waals surface area (Å²) < 4.78 is 6.04. The van der Waals surface area contributed by atoms with Crippen molar-refractivity contribution in [3.63, 3.8) is 0 Å². The average molecular weight is 353 g/mol. The number of aryl methyl sites for hydroxylation is 1. The third-order valence-electron chi connectivity index (χ3n) is 5.00. The zero-order valence-corrected chi connectivity index (χ0v) is 15.5. The number of thiazole rings is 1. The highest BCUT2D eigenvalue weighted by Crippen LogP contribution is 2.34. The number of likely N-dealkylation sites (tertiary alicyclic amines) is 1. The van der Waals surface area contributed by atoms with Crippen molar-refractivity contribution in [3.8, 4) is 11.3 Å². The normalized spacial score (nSPS) is 17.7. The van der Waals surface area contributed by atoms with E-state index in [1.165, 1.54) is 5.01 Å². The third-order valence-corrected chi connectivity index (χ3v) is 6.13. The minimum Gasteiger partial charge on any atom is -0.439 e. The van der Waals surface area contributed by atoms with Crippen molar-refractivity contribution < 1.29 is 4.42 Å². The quantitative estimate of drug-likeness (QED) is 0.658. The van der Waals surface area contributed by atoms with Crippen LogP contribution in [0.25, 0.3) is 11.3 Å². The first-order valence-electron chi connectivity index (χ1n) is 8.88. The molecular formula is C20H23N3OS. The van der Waals surface area contributed by atoms with Crippen molar-refractivity contribution in [3.05, 3.63) is 58.5 Å². The van der Waals surface area contributed by atoms with Gasteiger partial charge in [0.2, 0.25) is 5.89 Å². The summed E-state index contributed by atoms with van der Waals surface area (Å²) in [4.78, 5) is 11.7. The summed E-state index contributed by atoms with van der Waals surface area (Å²) in [5.74, 6) is 2.25. The van der Waals surface area contributed by atoms with Crippen molar-refractivity contribution in [1.29, 1.82) is 0 Å². The molecule has 0 bridgehead atoms. The number of nitrogens with zero attached hydrogens (tertiary/aromatic N) is 3. The van der Waals surface area contributed by atoms with Crippen LogP contribution in [0.3, 0.4) is 0 Å². The van der Waals surface area contributed by atoms with Crippen LogP contribution >= 0.6 is 11.3 Å². The van der Waals surface area contributed by atoms with E-state index in [-0.39, 0.29) is 6.04 Å². The molecule has 0 N–H and O–H groups in total. The van der Waals surface area contributed by atoms with Gasteiger partial charge in [0.1, 0.15) is 0 Å². The molecule has 3 aromatic rings. The first-order valence-corrected chi connectivity index (χ1v) is 9.76. The fraction of sp³-hybridized carbons (Fsp3) is 0.400. The fourth-order valence-electron chi connectivity index (χ4n) is 3.47. The van der Waals surface area contributed by atoms with E-state index in [9.17, 15) is 0 Å². The Morgan fingerprint density at radius 2 is 1.96 bits per heavy atom. The van der Waals surface area contributed by atoms with Crippen molar-refractivity contribution in [2.24, 2.45) is 0 Å². The lowest BCUT2D eigenvalue weighted by atomic mass is 9.96. The highest BCUT2D eigenvalue weighted by atomic mass is 32.1. The van der Waals surface area contributed by atoms with E-state index >= 15 is 0 Å². The first kappa shape index (κ1) is 16.5. The van der Waals surface area contributed by atoms with Gasteiger partial charge in [0.05, 0.1) is 17.2 Å². The number of piperidine rings is 1. The predicted octanol–water partition coefficient (Wildman–Crippen LogP) is 5.05. The molecule has 0 aliphatic carbocycles. The van der Waals surface area contributed by atoms with Crippen LogP contribution in [0.2, 0.25) is 0 Å². The SMILES string of the molecule is Cc1csc(C2CCN(C(C)c3ncc(-c4ccccc4)o3)CC2)n1. The molecule has 1 aliphatic rings. The smallest absolute Gasteiger partial charge is 0.211 e. The third kappa shape index (κ3) is 3.53. The molecular weight excluding hydrogens is 330 g/mol. The Morgan fingerprint density at radius 3 is 2.64 bits per heavy atom. The van der Waals surface area contributed by atoms with E-state index in [1.54, 1.807) is 11.3 Å². The van der Waals surface area contributed by atoms with Crippen LogP contribution in [-0.2, 0) is 0 Å². The maximum absolute atomic E-state index is 6.04. The number of rotatable bonds is 4. The van der Waals surface area contributed by atoms with E-state index in [0.29, 0.717) is 5.92 Å². The summed E-state index contributed by atoms with van der Waals surface area (Å²) in [6.45, 7) is 6.39. The van der Waals surface area contributed by atoms with Crippen LogP contribution in [0.5, 0.6) is 0 Å². The van der Waals surface area contributed by atoms with Crippen LogP contribution in [0.1, 0.15) is 48.3 Å². The van der Waals surface area contributed by atoms with Crippen molar-refractivity contribution in [1.82, 2.24) is 14.9 Å². The van der Waals surface area contributed by atoms with Gasteiger partial charge in [-0.1, -0.05) is 30.3 Å². The summed E-state index contributed by atoms with van der Waals surface area (Å²) >= 11 is 1.80. The molecule has 1 unspecified atom stereocenters. The minimum atomic E-state index is 0.205. The van der Waals surface area contributed by atoms with Gasteiger partial charge in [-0.05, 0) is 39.8 Å². The number of oxazole rings is 1. The Balaban J connectivity index is 1.41. The second-order valence-corrected chi connectivity index (χ2v) is 7.63. The van der Waals surface area contributed by atoms with Gasteiger partial charge in [-0.15, -0.1) is 11.3 Å². The van der Waals surface area contributed by atoms with Gasteiger partial charge in [-0.2, -0.15) is 0 Å². The largest absolute Gasteiger partial charge is 0.439 e. The lowest BCUT2D eigenvalue weighted by Gasteiger charge is -2.34. The summed E-state index contributed by atoms with van der Waals surface area (Å²) in [5, 5.41) is 3.45. The first-order chi connectivity index (χ1) is 12.2. The van der Waals surface area contributed by atoms with E-state index < -0.39 is 0 Å². The van der Waals surface area contributed by atoms with E-state index in [2.05, 4.69) is 46.2 Å². The zero-order chi connectivity index (χ0) is 17.2. The molecule has 2 aromatic heterocycles. The summed E-state index contributed by atoms with van der Waals surface area (Å²) in [5.41, 5.74) is 2.22. The molecule has 0 spiro atoms. The molecule has 1 aliphatic heterocycles. The highest BCUT2D eigenvalue weighted by Gasteiger charge is 2.28. The lowest BCUT2D eigenvalue weighted by Crippen LogP contribution is -2.35. The molecule has 4 nitrogen and oxygen atoms in total. The molecule has 130 valence electrons. The second kappa shape index (κ2) is 7.10. The van der Waals surface area contributed by atoms with Crippen LogP contribution in [0.15, 0.2) is 46.3 Å². The number of hydrogen-bond acceptors (Lipinski definition) is 5. The number of hydrogen-bond donors (Lipinski definition) is 0. The summed E-state index contributed by atoms with van der Waals surface area (Å²) in [6, 6.07) is 10.4. The van der Waals surface area contributed by atoms with Crippen molar-refractivity contribution in [2.45, 2.75) is 38.6 Å². The van der Waals surface area contributed by atoms with Gasteiger partial charge in [-0.3, -0.25) is 4.90 Å². The molecule has 1 atom stereocenters. The fourth-order valence-corrected chi connectivity index (χ4v) is 4.44. The maximum atomic E-state index is 6.04. The molecule has 25 heavy (non-hydrogen) atoms. The maximum Gasteiger partial charge on any atom is 0.211 e. The molecule has 0 radical (unpaired) electrons. The van der Waals surface area contributed by atoms with Gasteiger partial charge in [0.25, 0.3) is 0 Å². The molecule has 4 rings (SSSR count). The van der Waals surface area contributed by atoms with Crippen molar-refractivity contribution >= 4 is 11.3 Å². The van der Waals surface area contributed by atoms with E-state index in [4.69, 9.17) is 4.42 Å². The zero-order valence-electron chi connectivity index (χ0n) is 14.7. The van der Waals surface area contributed by atoms with E-state index in [1.807, 2.05) is 24.4 Å². The average Bonchev–Trinajstić information content (AvgIpc) is 3.31. The molecule has 0 saturated carbocycles.